The molecule has 0 aliphatic rings. The monoisotopic (exact) mass is 227 g/mol. The minimum Gasteiger partial charge on any atom is -0.348 e. The molecular weight excluding hydrogens is 222 g/mol. The summed E-state index contributed by atoms with van der Waals surface area (Å²) >= 11 is 7.00. The lowest BCUT2D eigenvalue weighted by Gasteiger charge is -2.01. The van der Waals surface area contributed by atoms with Crippen LogP contribution >= 0.6 is 23.1 Å². The molecule has 0 N–H and O–H groups in total. The van der Waals surface area contributed by atoms with Crippen molar-refractivity contribution in [2.45, 2.75) is 6.54 Å². The molecular formula is C8H6ClN3OS. The third kappa shape index (κ3) is 2.00. The lowest BCUT2D eigenvalue weighted by molar-refractivity contribution is 0.761. The van der Waals surface area contributed by atoms with Gasteiger partial charge in [0, 0.05) is 36.1 Å². The summed E-state index contributed by atoms with van der Waals surface area (Å²) in [6.45, 7) is 0.537. The van der Waals surface area contributed by atoms with E-state index in [1.54, 1.807) is 12.4 Å². The Morgan fingerprint density at radius 1 is 1.43 bits per heavy atom. The maximum Gasteiger partial charge on any atom is 0.181 e. The van der Waals surface area contributed by atoms with Gasteiger partial charge in [-0.2, -0.15) is 0 Å². The lowest BCUT2D eigenvalue weighted by atomic mass is 10.4. The minimum atomic E-state index is -0.0104. The largest absolute Gasteiger partial charge is 0.348 e. The zero-order chi connectivity index (χ0) is 9.97. The molecule has 0 aliphatic heterocycles. The fraction of sp³-hybridized carbons (Fsp3) is 0.125. The number of hydrogen-bond acceptors (Lipinski definition) is 4. The molecule has 0 radical (unpaired) electrons. The van der Waals surface area contributed by atoms with Crippen LogP contribution in [0, 0.1) is 0 Å². The Morgan fingerprint density at radius 2 is 2.14 bits per heavy atom. The maximum atomic E-state index is 10.8. The zero-order valence-electron chi connectivity index (χ0n) is 7.05. The molecule has 0 bridgehead atoms. The van der Waals surface area contributed by atoms with Crippen molar-refractivity contribution in [2.24, 2.45) is 0 Å². The fourth-order valence-electron chi connectivity index (χ4n) is 1.01. The van der Waals surface area contributed by atoms with Crippen molar-refractivity contribution in [3.63, 3.8) is 0 Å². The van der Waals surface area contributed by atoms with E-state index in [1.807, 2.05) is 4.57 Å². The van der Waals surface area contributed by atoms with E-state index in [2.05, 4.69) is 9.59 Å². The Hall–Kier alpha value is -1.20. The van der Waals surface area contributed by atoms with Crippen molar-refractivity contribution in [3.8, 4) is 0 Å². The molecule has 72 valence electrons. The van der Waals surface area contributed by atoms with E-state index in [0.717, 1.165) is 17.2 Å². The third-order valence-electron chi connectivity index (χ3n) is 1.70. The van der Waals surface area contributed by atoms with Gasteiger partial charge in [-0.05, 0) is 0 Å². The molecule has 0 spiro atoms. The first-order valence-corrected chi connectivity index (χ1v) is 5.03. The number of hydrogen-bond donors (Lipinski definition) is 0. The van der Waals surface area contributed by atoms with E-state index in [-0.39, 0.29) is 5.43 Å². The number of rotatable bonds is 2. The first kappa shape index (κ1) is 9.36. The van der Waals surface area contributed by atoms with Gasteiger partial charge < -0.3 is 4.57 Å². The second-order valence-electron chi connectivity index (χ2n) is 2.70. The average molecular weight is 228 g/mol. The van der Waals surface area contributed by atoms with Gasteiger partial charge in [-0.25, -0.2) is 0 Å². The molecule has 0 aromatic carbocycles. The lowest BCUT2D eigenvalue weighted by Crippen LogP contribution is -2.05. The van der Waals surface area contributed by atoms with Crippen LogP contribution in [0.25, 0.3) is 0 Å². The summed E-state index contributed by atoms with van der Waals surface area (Å²) in [7, 11) is 0. The normalized spacial score (nSPS) is 10.4. The van der Waals surface area contributed by atoms with Gasteiger partial charge in [-0.15, -0.1) is 5.10 Å². The summed E-state index contributed by atoms with van der Waals surface area (Å²) in [6, 6.07) is 2.99. The van der Waals surface area contributed by atoms with E-state index in [0.29, 0.717) is 10.9 Å². The molecule has 0 saturated carbocycles. The van der Waals surface area contributed by atoms with Crippen LogP contribution in [0.2, 0.25) is 4.34 Å². The maximum absolute atomic E-state index is 10.8. The van der Waals surface area contributed by atoms with Gasteiger partial charge in [0.25, 0.3) is 0 Å². The van der Waals surface area contributed by atoms with Crippen LogP contribution in [0.5, 0.6) is 0 Å². The molecule has 4 nitrogen and oxygen atoms in total. The molecule has 0 amide bonds. The van der Waals surface area contributed by atoms with E-state index < -0.39 is 0 Å². The number of halogens is 1. The Balaban J connectivity index is 2.23. The van der Waals surface area contributed by atoms with E-state index in [1.165, 1.54) is 12.1 Å². The summed E-state index contributed by atoms with van der Waals surface area (Å²) in [5.41, 5.74) is 0.712. The molecule has 2 aromatic rings. The van der Waals surface area contributed by atoms with Crippen LogP contribution in [-0.4, -0.2) is 14.2 Å². The summed E-state index contributed by atoms with van der Waals surface area (Å²) in [4.78, 5) is 10.8. The Bertz CT molecular complexity index is 473. The molecule has 14 heavy (non-hydrogen) atoms. The SMILES string of the molecule is O=c1ccn(Cc2nnsc2Cl)cc1. The minimum absolute atomic E-state index is 0.0104. The first-order valence-electron chi connectivity index (χ1n) is 3.88. The highest BCUT2D eigenvalue weighted by molar-refractivity contribution is 7.10. The van der Waals surface area contributed by atoms with Gasteiger partial charge in [0.1, 0.15) is 10.0 Å². The van der Waals surface area contributed by atoms with Crippen molar-refractivity contribution in [1.82, 2.24) is 14.2 Å². The van der Waals surface area contributed by atoms with Gasteiger partial charge >= 0.3 is 0 Å². The van der Waals surface area contributed by atoms with Crippen molar-refractivity contribution in [2.75, 3.05) is 0 Å². The second kappa shape index (κ2) is 3.89. The molecule has 0 fully saturated rings. The first-order chi connectivity index (χ1) is 6.75. The van der Waals surface area contributed by atoms with Crippen molar-refractivity contribution < 1.29 is 0 Å². The van der Waals surface area contributed by atoms with Crippen LogP contribution in [0.4, 0.5) is 0 Å². The van der Waals surface area contributed by atoms with Crippen LogP contribution in [0.3, 0.4) is 0 Å². The van der Waals surface area contributed by atoms with E-state index >= 15 is 0 Å². The van der Waals surface area contributed by atoms with Gasteiger partial charge in [0.05, 0.1) is 6.54 Å². The van der Waals surface area contributed by atoms with Crippen LogP contribution < -0.4 is 5.43 Å². The molecule has 0 unspecified atom stereocenters. The van der Waals surface area contributed by atoms with Crippen LogP contribution in [0.1, 0.15) is 5.69 Å². The zero-order valence-corrected chi connectivity index (χ0v) is 8.63. The quantitative estimate of drug-likeness (QED) is 0.779. The summed E-state index contributed by atoms with van der Waals surface area (Å²) in [6.07, 6.45) is 3.38. The molecule has 6 heteroatoms. The molecule has 2 heterocycles. The number of pyridine rings is 1. The predicted molar refractivity (Wildman–Crippen MR) is 54.7 cm³/mol. The standard InChI is InChI=1S/C8H6ClN3OS/c9-8-7(10-11-14-8)5-12-3-1-6(13)2-4-12/h1-4H,5H2. The molecule has 2 rings (SSSR count). The second-order valence-corrected chi connectivity index (χ2v) is 4.06. The van der Waals surface area contributed by atoms with Crippen molar-refractivity contribution in [1.29, 1.82) is 0 Å². The fourth-order valence-corrected chi connectivity index (χ4v) is 1.63. The van der Waals surface area contributed by atoms with Gasteiger partial charge in [0.2, 0.25) is 0 Å². The van der Waals surface area contributed by atoms with E-state index in [4.69, 9.17) is 11.6 Å². The van der Waals surface area contributed by atoms with Gasteiger partial charge in [0.15, 0.2) is 5.43 Å². The van der Waals surface area contributed by atoms with E-state index in [9.17, 15) is 4.79 Å². The molecule has 0 atom stereocenters. The summed E-state index contributed by atoms with van der Waals surface area (Å²) in [5.74, 6) is 0. The average Bonchev–Trinajstić information content (AvgIpc) is 2.56. The summed E-state index contributed by atoms with van der Waals surface area (Å²) in [5, 5.41) is 3.87. The Kier molecular flexibility index (Phi) is 2.60. The predicted octanol–water partition coefficient (Wildman–Crippen LogP) is 1.40. The van der Waals surface area contributed by atoms with Crippen LogP contribution in [0.15, 0.2) is 29.3 Å². The highest BCUT2D eigenvalue weighted by atomic mass is 35.5. The smallest absolute Gasteiger partial charge is 0.181 e. The number of aromatic nitrogens is 3. The molecule has 2 aromatic heterocycles. The van der Waals surface area contributed by atoms with Gasteiger partial charge in [-0.3, -0.25) is 4.79 Å². The number of nitrogens with zero attached hydrogens (tertiary/aromatic N) is 3. The molecule has 0 aliphatic carbocycles. The highest BCUT2D eigenvalue weighted by Gasteiger charge is 2.04. The Labute approximate surface area is 88.9 Å². The Morgan fingerprint density at radius 3 is 2.71 bits per heavy atom. The van der Waals surface area contributed by atoms with Gasteiger partial charge in [-0.1, -0.05) is 16.1 Å². The van der Waals surface area contributed by atoms with Crippen molar-refractivity contribution in [3.05, 3.63) is 44.8 Å². The van der Waals surface area contributed by atoms with Crippen molar-refractivity contribution >= 4 is 23.1 Å². The topological polar surface area (TPSA) is 47.8 Å². The highest BCUT2D eigenvalue weighted by Crippen LogP contribution is 2.17. The molecule has 0 saturated heterocycles. The third-order valence-corrected chi connectivity index (χ3v) is 2.69. The summed E-state index contributed by atoms with van der Waals surface area (Å²) < 4.78 is 6.13. The van der Waals surface area contributed by atoms with Crippen LogP contribution in [-0.2, 0) is 6.54 Å².